The van der Waals surface area contributed by atoms with Crippen LogP contribution in [0.25, 0.3) is 6.08 Å². The summed E-state index contributed by atoms with van der Waals surface area (Å²) in [6, 6.07) is 12.7. The van der Waals surface area contributed by atoms with Crippen molar-refractivity contribution < 1.29 is 23.4 Å². The monoisotopic (exact) mass is 355 g/mol. The Hall–Kier alpha value is -3.33. The minimum atomic E-state index is -0.523. The molecule has 0 amide bonds. The third-order valence-corrected chi connectivity index (χ3v) is 3.52. The Morgan fingerprint density at radius 1 is 1.23 bits per heavy atom. The molecule has 1 unspecified atom stereocenters. The van der Waals surface area contributed by atoms with Crippen molar-refractivity contribution in [3.8, 4) is 17.6 Å². The number of esters is 1. The zero-order valence-electron chi connectivity index (χ0n) is 14.4. The van der Waals surface area contributed by atoms with Crippen LogP contribution in [0.2, 0.25) is 0 Å². The van der Waals surface area contributed by atoms with Crippen LogP contribution in [-0.2, 0) is 9.53 Å². The first-order chi connectivity index (χ1) is 12.5. The van der Waals surface area contributed by atoms with Gasteiger partial charge in [0.1, 0.15) is 18.0 Å². The fourth-order valence-corrected chi connectivity index (χ4v) is 2.20. The second kappa shape index (κ2) is 9.23. The number of carbonyl (C=O) groups excluding carboxylic acids is 1. The highest BCUT2D eigenvalue weighted by Gasteiger charge is 2.10. The van der Waals surface area contributed by atoms with Gasteiger partial charge < -0.3 is 14.2 Å². The molecule has 0 spiro atoms. The number of methoxy groups -OCH3 is 1. The highest BCUT2D eigenvalue weighted by molar-refractivity contribution is 5.87. The van der Waals surface area contributed by atoms with Crippen molar-refractivity contribution in [2.24, 2.45) is 0 Å². The average molecular weight is 355 g/mol. The molecule has 2 aromatic rings. The molecule has 0 fully saturated rings. The van der Waals surface area contributed by atoms with Gasteiger partial charge in [-0.1, -0.05) is 18.2 Å². The lowest BCUT2D eigenvalue weighted by molar-refractivity contribution is -0.142. The van der Waals surface area contributed by atoms with Gasteiger partial charge in [-0.05, 0) is 48.4 Å². The Labute approximate surface area is 151 Å². The molecule has 1 atom stereocenters. The van der Waals surface area contributed by atoms with Gasteiger partial charge in [0.15, 0.2) is 18.1 Å². The van der Waals surface area contributed by atoms with Crippen LogP contribution < -0.4 is 9.47 Å². The quantitative estimate of drug-likeness (QED) is 0.553. The minimum Gasteiger partial charge on any atom is -0.493 e. The van der Waals surface area contributed by atoms with Crippen molar-refractivity contribution in [1.29, 1.82) is 5.26 Å². The third kappa shape index (κ3) is 5.35. The maximum atomic E-state index is 12.9. The van der Waals surface area contributed by atoms with E-state index in [-0.39, 0.29) is 12.4 Å². The number of rotatable bonds is 7. The summed E-state index contributed by atoms with van der Waals surface area (Å²) >= 11 is 0. The summed E-state index contributed by atoms with van der Waals surface area (Å²) in [5.41, 5.74) is 1.41. The summed E-state index contributed by atoms with van der Waals surface area (Å²) in [5.74, 6) is 0.0306. The van der Waals surface area contributed by atoms with Gasteiger partial charge in [0.25, 0.3) is 0 Å². The third-order valence-electron chi connectivity index (χ3n) is 3.52. The van der Waals surface area contributed by atoms with Gasteiger partial charge >= 0.3 is 5.97 Å². The SMILES string of the molecule is COc1cc(/C=C/C(=O)OC(C)c2ccc(F)cc2)ccc1OCC#N. The molecule has 0 heterocycles. The molecule has 2 rings (SSSR count). The van der Waals surface area contributed by atoms with Crippen LogP contribution in [0.3, 0.4) is 0 Å². The molecular formula is C20H18FNO4. The molecule has 0 radical (unpaired) electrons. The molecular weight excluding hydrogens is 337 g/mol. The standard InChI is InChI=1S/C20H18FNO4/c1-14(16-5-7-17(21)8-6-16)26-20(23)10-4-15-3-9-18(25-12-11-22)19(13-15)24-2/h3-10,13-14H,12H2,1-2H3/b10-4+. The number of hydrogen-bond donors (Lipinski definition) is 0. The summed E-state index contributed by atoms with van der Waals surface area (Å²) in [6.45, 7) is 1.63. The number of nitrogens with zero attached hydrogens (tertiary/aromatic N) is 1. The van der Waals surface area contributed by atoms with Gasteiger partial charge in [-0.2, -0.15) is 5.26 Å². The van der Waals surface area contributed by atoms with Crippen molar-refractivity contribution in [1.82, 2.24) is 0 Å². The van der Waals surface area contributed by atoms with Crippen molar-refractivity contribution >= 4 is 12.0 Å². The fraction of sp³-hybridized carbons (Fsp3) is 0.200. The molecule has 26 heavy (non-hydrogen) atoms. The zero-order chi connectivity index (χ0) is 18.9. The fourth-order valence-electron chi connectivity index (χ4n) is 2.20. The average Bonchev–Trinajstić information content (AvgIpc) is 2.65. The van der Waals surface area contributed by atoms with Crippen LogP contribution >= 0.6 is 0 Å². The van der Waals surface area contributed by atoms with Gasteiger partial charge in [-0.25, -0.2) is 9.18 Å². The molecule has 134 valence electrons. The maximum absolute atomic E-state index is 12.9. The van der Waals surface area contributed by atoms with E-state index in [1.54, 1.807) is 43.3 Å². The summed E-state index contributed by atoms with van der Waals surface area (Å²) in [6.07, 6.45) is 2.38. The predicted molar refractivity (Wildman–Crippen MR) is 94.0 cm³/mol. The summed E-state index contributed by atoms with van der Waals surface area (Å²) in [4.78, 5) is 12.0. The van der Waals surface area contributed by atoms with Crippen LogP contribution in [0, 0.1) is 17.1 Å². The van der Waals surface area contributed by atoms with Crippen molar-refractivity contribution in [3.63, 3.8) is 0 Å². The Balaban J connectivity index is 2.00. The number of carbonyl (C=O) groups is 1. The number of nitriles is 1. The summed E-state index contributed by atoms with van der Waals surface area (Å²) in [7, 11) is 1.49. The molecule has 6 heteroatoms. The van der Waals surface area contributed by atoms with Gasteiger partial charge in [0.05, 0.1) is 7.11 Å². The molecule has 0 saturated carbocycles. The maximum Gasteiger partial charge on any atom is 0.331 e. The molecule has 0 bridgehead atoms. The van der Waals surface area contributed by atoms with Gasteiger partial charge in [-0.3, -0.25) is 0 Å². The van der Waals surface area contributed by atoms with Crippen LogP contribution in [0.1, 0.15) is 24.2 Å². The Morgan fingerprint density at radius 3 is 2.62 bits per heavy atom. The molecule has 0 saturated heterocycles. The van der Waals surface area contributed by atoms with Crippen molar-refractivity contribution in [2.45, 2.75) is 13.0 Å². The first-order valence-electron chi connectivity index (χ1n) is 7.85. The normalized spacial score (nSPS) is 11.6. The van der Waals surface area contributed by atoms with E-state index in [0.29, 0.717) is 22.6 Å². The van der Waals surface area contributed by atoms with E-state index in [1.807, 2.05) is 6.07 Å². The first kappa shape index (κ1) is 19.0. The molecule has 2 aromatic carbocycles. The van der Waals surface area contributed by atoms with Crippen LogP contribution in [0.15, 0.2) is 48.5 Å². The van der Waals surface area contributed by atoms with Crippen LogP contribution in [0.4, 0.5) is 4.39 Å². The lowest BCUT2D eigenvalue weighted by Gasteiger charge is -2.12. The molecule has 0 aromatic heterocycles. The van der Waals surface area contributed by atoms with E-state index in [1.165, 1.54) is 25.3 Å². The van der Waals surface area contributed by atoms with E-state index in [4.69, 9.17) is 19.5 Å². The Bertz CT molecular complexity index is 825. The largest absolute Gasteiger partial charge is 0.493 e. The van der Waals surface area contributed by atoms with Gasteiger partial charge in [-0.15, -0.1) is 0 Å². The number of halogens is 1. The first-order valence-corrected chi connectivity index (χ1v) is 7.85. The van der Waals surface area contributed by atoms with E-state index < -0.39 is 12.1 Å². The summed E-state index contributed by atoms with van der Waals surface area (Å²) in [5, 5.41) is 8.56. The van der Waals surface area contributed by atoms with Crippen molar-refractivity contribution in [3.05, 3.63) is 65.5 Å². The number of benzene rings is 2. The van der Waals surface area contributed by atoms with Crippen LogP contribution in [0.5, 0.6) is 11.5 Å². The minimum absolute atomic E-state index is 0.0842. The van der Waals surface area contributed by atoms with E-state index in [0.717, 1.165) is 0 Å². The molecule has 0 aliphatic rings. The molecule has 0 aliphatic carbocycles. The number of ether oxygens (including phenoxy) is 3. The Kier molecular flexibility index (Phi) is 6.75. The highest BCUT2D eigenvalue weighted by Crippen LogP contribution is 2.28. The lowest BCUT2D eigenvalue weighted by atomic mass is 10.1. The number of hydrogen-bond acceptors (Lipinski definition) is 5. The zero-order valence-corrected chi connectivity index (χ0v) is 14.4. The molecule has 0 N–H and O–H groups in total. The lowest BCUT2D eigenvalue weighted by Crippen LogP contribution is -2.06. The second-order valence-electron chi connectivity index (χ2n) is 5.32. The summed E-state index contributed by atoms with van der Waals surface area (Å²) < 4.78 is 28.7. The van der Waals surface area contributed by atoms with Crippen molar-refractivity contribution in [2.75, 3.05) is 13.7 Å². The van der Waals surface area contributed by atoms with Gasteiger partial charge in [0, 0.05) is 6.08 Å². The Morgan fingerprint density at radius 2 is 1.96 bits per heavy atom. The highest BCUT2D eigenvalue weighted by atomic mass is 19.1. The predicted octanol–water partition coefficient (Wildman–Crippen LogP) is 4.05. The van der Waals surface area contributed by atoms with Gasteiger partial charge in [0.2, 0.25) is 0 Å². The molecule has 0 aliphatic heterocycles. The smallest absolute Gasteiger partial charge is 0.331 e. The second-order valence-corrected chi connectivity index (χ2v) is 5.32. The van der Waals surface area contributed by atoms with Crippen LogP contribution in [-0.4, -0.2) is 19.7 Å². The molecule has 5 nitrogen and oxygen atoms in total. The van der Waals surface area contributed by atoms with E-state index in [2.05, 4.69) is 0 Å². The van der Waals surface area contributed by atoms with E-state index in [9.17, 15) is 9.18 Å². The topological polar surface area (TPSA) is 68.6 Å². The van der Waals surface area contributed by atoms with E-state index >= 15 is 0 Å².